The highest BCUT2D eigenvalue weighted by Crippen LogP contribution is 2.16. The van der Waals surface area contributed by atoms with Gasteiger partial charge in [0.2, 0.25) is 0 Å². The molecule has 1 aromatic heterocycles. The van der Waals surface area contributed by atoms with Gasteiger partial charge in [-0.2, -0.15) is 0 Å². The predicted octanol–water partition coefficient (Wildman–Crippen LogP) is 2.83. The van der Waals surface area contributed by atoms with Crippen LogP contribution in [-0.4, -0.2) is 9.55 Å². The lowest BCUT2D eigenvalue weighted by Gasteiger charge is -2.05. The van der Waals surface area contributed by atoms with E-state index in [4.69, 9.17) is 0 Å². The van der Waals surface area contributed by atoms with Gasteiger partial charge in [0.1, 0.15) is 5.82 Å². The molecule has 2 aromatic carbocycles. The van der Waals surface area contributed by atoms with E-state index in [9.17, 15) is 9.18 Å². The molecule has 3 nitrogen and oxygen atoms in total. The lowest BCUT2D eigenvalue weighted by Crippen LogP contribution is -2.17. The van der Waals surface area contributed by atoms with E-state index in [1.807, 2.05) is 25.1 Å². The van der Waals surface area contributed by atoms with Gasteiger partial charge in [-0.3, -0.25) is 4.57 Å². The van der Waals surface area contributed by atoms with Crippen LogP contribution in [0.3, 0.4) is 0 Å². The van der Waals surface area contributed by atoms with Gasteiger partial charge in [0, 0.05) is 5.56 Å². The van der Waals surface area contributed by atoms with Gasteiger partial charge >= 0.3 is 5.69 Å². The zero-order valence-electron chi connectivity index (χ0n) is 10.5. The van der Waals surface area contributed by atoms with E-state index in [0.29, 0.717) is 5.56 Å². The average molecular weight is 256 g/mol. The van der Waals surface area contributed by atoms with E-state index in [0.717, 1.165) is 16.6 Å². The minimum absolute atomic E-state index is 0.215. The molecule has 0 amide bonds. The van der Waals surface area contributed by atoms with Gasteiger partial charge in [0.05, 0.1) is 17.6 Å². The second kappa shape index (κ2) is 4.39. The first-order chi connectivity index (χ1) is 9.16. The number of imidazole rings is 1. The van der Waals surface area contributed by atoms with Crippen LogP contribution in [0, 0.1) is 12.7 Å². The molecule has 0 unspecified atom stereocenters. The number of halogens is 1. The Morgan fingerprint density at radius 3 is 2.74 bits per heavy atom. The summed E-state index contributed by atoms with van der Waals surface area (Å²) in [6.45, 7) is 2.17. The summed E-state index contributed by atoms with van der Waals surface area (Å²) in [6, 6.07) is 12.2. The molecule has 1 heterocycles. The SMILES string of the molecule is Cc1cccc2c1[nH]c(=O)n2Cc1ccccc1F. The Bertz CT molecular complexity index is 801. The van der Waals surface area contributed by atoms with Crippen LogP contribution in [0.1, 0.15) is 11.1 Å². The van der Waals surface area contributed by atoms with Crippen molar-refractivity contribution in [2.24, 2.45) is 0 Å². The van der Waals surface area contributed by atoms with Crippen molar-refractivity contribution in [1.82, 2.24) is 9.55 Å². The average Bonchev–Trinajstić information content (AvgIpc) is 2.71. The quantitative estimate of drug-likeness (QED) is 0.752. The molecule has 0 fully saturated rings. The minimum Gasteiger partial charge on any atom is -0.305 e. The number of para-hydroxylation sites is 1. The Morgan fingerprint density at radius 2 is 1.95 bits per heavy atom. The van der Waals surface area contributed by atoms with Crippen molar-refractivity contribution >= 4 is 11.0 Å². The van der Waals surface area contributed by atoms with Crippen LogP contribution in [0.25, 0.3) is 11.0 Å². The molecular formula is C15H13FN2O. The van der Waals surface area contributed by atoms with Crippen molar-refractivity contribution < 1.29 is 4.39 Å². The normalized spacial score (nSPS) is 11.1. The highest BCUT2D eigenvalue weighted by atomic mass is 19.1. The highest BCUT2D eigenvalue weighted by molar-refractivity contribution is 5.78. The number of rotatable bonds is 2. The van der Waals surface area contributed by atoms with E-state index in [-0.39, 0.29) is 18.1 Å². The fourth-order valence-electron chi connectivity index (χ4n) is 2.28. The van der Waals surface area contributed by atoms with Crippen LogP contribution in [0.5, 0.6) is 0 Å². The Labute approximate surface area is 109 Å². The predicted molar refractivity (Wildman–Crippen MR) is 72.8 cm³/mol. The summed E-state index contributed by atoms with van der Waals surface area (Å²) in [5.74, 6) is -0.295. The first-order valence-electron chi connectivity index (χ1n) is 6.08. The number of aromatic nitrogens is 2. The van der Waals surface area contributed by atoms with Gasteiger partial charge in [-0.05, 0) is 24.6 Å². The van der Waals surface area contributed by atoms with Crippen molar-refractivity contribution in [1.29, 1.82) is 0 Å². The van der Waals surface area contributed by atoms with Gasteiger partial charge in [0.25, 0.3) is 0 Å². The third-order valence-corrected chi connectivity index (χ3v) is 3.30. The molecule has 0 bridgehead atoms. The zero-order chi connectivity index (χ0) is 13.4. The molecule has 19 heavy (non-hydrogen) atoms. The van der Waals surface area contributed by atoms with E-state index in [1.165, 1.54) is 6.07 Å². The Hall–Kier alpha value is -2.36. The van der Waals surface area contributed by atoms with Crippen molar-refractivity contribution in [3.63, 3.8) is 0 Å². The lowest BCUT2D eigenvalue weighted by atomic mass is 10.2. The molecule has 1 N–H and O–H groups in total. The molecule has 0 aliphatic carbocycles. The maximum Gasteiger partial charge on any atom is 0.326 e. The first kappa shape index (κ1) is 11.7. The molecule has 3 rings (SSSR count). The second-order valence-electron chi connectivity index (χ2n) is 4.58. The smallest absolute Gasteiger partial charge is 0.305 e. The molecule has 96 valence electrons. The molecule has 0 aliphatic heterocycles. The maximum absolute atomic E-state index is 13.7. The summed E-state index contributed by atoms with van der Waals surface area (Å²) in [6.07, 6.45) is 0. The van der Waals surface area contributed by atoms with E-state index < -0.39 is 0 Å². The summed E-state index contributed by atoms with van der Waals surface area (Å²) >= 11 is 0. The Balaban J connectivity index is 2.16. The number of nitrogens with one attached hydrogen (secondary N) is 1. The van der Waals surface area contributed by atoms with Crippen molar-refractivity contribution in [3.05, 3.63) is 69.9 Å². The van der Waals surface area contributed by atoms with Gasteiger partial charge in [0.15, 0.2) is 0 Å². The van der Waals surface area contributed by atoms with E-state index in [1.54, 1.807) is 22.8 Å². The number of benzene rings is 2. The van der Waals surface area contributed by atoms with Crippen LogP contribution in [0.4, 0.5) is 4.39 Å². The molecule has 3 aromatic rings. The number of fused-ring (bicyclic) bond motifs is 1. The number of aromatic amines is 1. The van der Waals surface area contributed by atoms with Gasteiger partial charge in [-0.1, -0.05) is 30.3 Å². The van der Waals surface area contributed by atoms with E-state index in [2.05, 4.69) is 4.98 Å². The molecule has 0 aliphatic rings. The summed E-state index contributed by atoms with van der Waals surface area (Å²) < 4.78 is 15.2. The summed E-state index contributed by atoms with van der Waals surface area (Å²) in [4.78, 5) is 14.8. The van der Waals surface area contributed by atoms with Gasteiger partial charge < -0.3 is 4.98 Å². The number of hydrogen-bond acceptors (Lipinski definition) is 1. The number of aryl methyl sites for hydroxylation is 1. The van der Waals surface area contributed by atoms with Crippen LogP contribution in [0.2, 0.25) is 0 Å². The van der Waals surface area contributed by atoms with Crippen LogP contribution in [0.15, 0.2) is 47.3 Å². The molecule has 0 saturated carbocycles. The number of H-pyrrole nitrogens is 1. The second-order valence-corrected chi connectivity index (χ2v) is 4.58. The molecule has 0 atom stereocenters. The van der Waals surface area contributed by atoms with Crippen LogP contribution >= 0.6 is 0 Å². The minimum atomic E-state index is -0.295. The fraction of sp³-hybridized carbons (Fsp3) is 0.133. The molecule has 4 heteroatoms. The third-order valence-electron chi connectivity index (χ3n) is 3.30. The van der Waals surface area contributed by atoms with Crippen molar-refractivity contribution in [3.8, 4) is 0 Å². The molecule has 0 radical (unpaired) electrons. The largest absolute Gasteiger partial charge is 0.326 e. The monoisotopic (exact) mass is 256 g/mol. The maximum atomic E-state index is 13.7. The topological polar surface area (TPSA) is 37.8 Å². The summed E-state index contributed by atoms with van der Waals surface area (Å²) in [5, 5.41) is 0. The van der Waals surface area contributed by atoms with Crippen LogP contribution < -0.4 is 5.69 Å². The van der Waals surface area contributed by atoms with Gasteiger partial charge in [-0.25, -0.2) is 9.18 Å². The fourth-order valence-corrected chi connectivity index (χ4v) is 2.28. The van der Waals surface area contributed by atoms with Crippen molar-refractivity contribution in [2.75, 3.05) is 0 Å². The Kier molecular flexibility index (Phi) is 2.71. The van der Waals surface area contributed by atoms with Gasteiger partial charge in [-0.15, -0.1) is 0 Å². The summed E-state index contributed by atoms with van der Waals surface area (Å²) in [5.41, 5.74) is 2.90. The van der Waals surface area contributed by atoms with E-state index >= 15 is 0 Å². The van der Waals surface area contributed by atoms with Crippen molar-refractivity contribution in [2.45, 2.75) is 13.5 Å². The molecule has 0 saturated heterocycles. The number of nitrogens with zero attached hydrogens (tertiary/aromatic N) is 1. The molecular weight excluding hydrogens is 243 g/mol. The standard InChI is InChI=1S/C15H13FN2O/c1-10-5-4-8-13-14(10)17-15(19)18(13)9-11-6-2-3-7-12(11)16/h2-8H,9H2,1H3,(H,17,19). The highest BCUT2D eigenvalue weighted by Gasteiger charge is 2.10. The zero-order valence-corrected chi connectivity index (χ0v) is 10.5. The number of hydrogen-bond donors (Lipinski definition) is 1. The lowest BCUT2D eigenvalue weighted by molar-refractivity contribution is 0.599. The summed E-state index contributed by atoms with van der Waals surface area (Å²) in [7, 11) is 0. The first-order valence-corrected chi connectivity index (χ1v) is 6.08. The van der Waals surface area contributed by atoms with Crippen LogP contribution in [-0.2, 0) is 6.54 Å². The molecule has 0 spiro atoms. The Morgan fingerprint density at radius 1 is 1.16 bits per heavy atom. The third kappa shape index (κ3) is 1.95.